The minimum Gasteiger partial charge on any atom is -0.336 e. The molecule has 1 aromatic heterocycles. The number of piperazine rings is 1. The highest BCUT2D eigenvalue weighted by Gasteiger charge is 2.26. The fourth-order valence-electron chi connectivity index (χ4n) is 5.66. The predicted octanol–water partition coefficient (Wildman–Crippen LogP) is 6.36. The van der Waals surface area contributed by atoms with Crippen molar-refractivity contribution in [2.75, 3.05) is 18.4 Å². The normalized spacial score (nSPS) is 19.8. The summed E-state index contributed by atoms with van der Waals surface area (Å²) in [5, 5.41) is 7.15. The Morgan fingerprint density at radius 3 is 2.50 bits per heavy atom. The number of benzene rings is 3. The number of fused-ring (bicyclic) bond motifs is 3. The molecule has 10 heteroatoms. The molecule has 214 valence electrons. The molecule has 3 aromatic carbocycles. The summed E-state index contributed by atoms with van der Waals surface area (Å²) in [7, 11) is 0. The van der Waals surface area contributed by atoms with Crippen LogP contribution in [0.3, 0.4) is 0 Å². The van der Waals surface area contributed by atoms with E-state index in [1.165, 1.54) is 12.1 Å². The number of nitrogens with one attached hydrogen (secondary N) is 2. The van der Waals surface area contributed by atoms with E-state index in [2.05, 4.69) is 34.5 Å². The van der Waals surface area contributed by atoms with Crippen LogP contribution in [0, 0.1) is 11.6 Å². The molecule has 2 aliphatic heterocycles. The molecule has 0 radical (unpaired) electrons. The van der Waals surface area contributed by atoms with Gasteiger partial charge in [-0.3, -0.25) is 9.79 Å². The number of nitrogens with zero attached hydrogens (tertiary/aromatic N) is 4. The molecule has 3 heterocycles. The lowest BCUT2D eigenvalue weighted by Gasteiger charge is -2.36. The van der Waals surface area contributed by atoms with Crippen molar-refractivity contribution >= 4 is 35.4 Å². The summed E-state index contributed by atoms with van der Waals surface area (Å²) in [4.78, 5) is 28.8. The largest absolute Gasteiger partial charge is 0.336 e. The minimum absolute atomic E-state index is 0.00191. The predicted molar refractivity (Wildman–Crippen MR) is 161 cm³/mol. The second kappa shape index (κ2) is 11.6. The molecular formula is C32H29ClF2N6O. The van der Waals surface area contributed by atoms with Crippen LogP contribution in [0.4, 0.5) is 20.4 Å². The summed E-state index contributed by atoms with van der Waals surface area (Å²) in [6.07, 6.45) is 3.37. The van der Waals surface area contributed by atoms with Gasteiger partial charge in [0.15, 0.2) is 0 Å². The first-order valence-electron chi connectivity index (χ1n) is 13.8. The summed E-state index contributed by atoms with van der Waals surface area (Å²) in [6.45, 7) is 5.77. The van der Waals surface area contributed by atoms with Crippen molar-refractivity contribution < 1.29 is 13.6 Å². The van der Waals surface area contributed by atoms with Crippen LogP contribution in [0.15, 0.2) is 71.9 Å². The molecular weight excluding hydrogens is 558 g/mol. The zero-order valence-electron chi connectivity index (χ0n) is 23.1. The summed E-state index contributed by atoms with van der Waals surface area (Å²) in [5.74, 6) is -1.55. The van der Waals surface area contributed by atoms with E-state index in [-0.39, 0.29) is 24.5 Å². The van der Waals surface area contributed by atoms with Gasteiger partial charge in [-0.2, -0.15) is 0 Å². The SMILES string of the molecule is CC1CN(C(=O)c2ccc(Nc3ncc4c(n3)-c3ccc(Cl)cc3C(c3ccc(F)cc3F)C=NC4)cc2)CC(C)N1. The van der Waals surface area contributed by atoms with Gasteiger partial charge in [0, 0.05) is 82.5 Å². The van der Waals surface area contributed by atoms with Crippen LogP contribution in [0.25, 0.3) is 11.3 Å². The van der Waals surface area contributed by atoms with Crippen molar-refractivity contribution in [2.45, 2.75) is 38.4 Å². The molecule has 1 fully saturated rings. The topological polar surface area (TPSA) is 82.5 Å². The first-order valence-corrected chi connectivity index (χ1v) is 14.2. The Balaban J connectivity index is 1.29. The van der Waals surface area contributed by atoms with E-state index in [9.17, 15) is 13.6 Å². The Morgan fingerprint density at radius 1 is 1.00 bits per heavy atom. The number of aromatic nitrogens is 2. The van der Waals surface area contributed by atoms with E-state index in [1.807, 2.05) is 23.1 Å². The van der Waals surface area contributed by atoms with Gasteiger partial charge >= 0.3 is 0 Å². The number of rotatable bonds is 4. The Hall–Kier alpha value is -4.21. The highest BCUT2D eigenvalue weighted by atomic mass is 35.5. The number of carbonyl (C=O) groups excluding carboxylic acids is 1. The lowest BCUT2D eigenvalue weighted by molar-refractivity contribution is 0.0674. The number of hydrogen-bond donors (Lipinski definition) is 2. The van der Waals surface area contributed by atoms with E-state index < -0.39 is 17.6 Å². The lowest BCUT2D eigenvalue weighted by atomic mass is 9.86. The van der Waals surface area contributed by atoms with E-state index in [0.29, 0.717) is 46.4 Å². The number of carbonyl (C=O) groups is 1. The number of anilines is 2. The molecule has 7 nitrogen and oxygen atoms in total. The summed E-state index contributed by atoms with van der Waals surface area (Å²) >= 11 is 6.38. The molecule has 0 saturated carbocycles. The highest BCUT2D eigenvalue weighted by molar-refractivity contribution is 6.30. The molecule has 0 spiro atoms. The van der Waals surface area contributed by atoms with Gasteiger partial charge < -0.3 is 15.5 Å². The Morgan fingerprint density at radius 2 is 1.76 bits per heavy atom. The Labute approximate surface area is 247 Å². The Bertz CT molecular complexity index is 1670. The van der Waals surface area contributed by atoms with Gasteiger partial charge in [0.05, 0.1) is 12.2 Å². The van der Waals surface area contributed by atoms with Crippen LogP contribution >= 0.6 is 11.6 Å². The van der Waals surface area contributed by atoms with Gasteiger partial charge in [-0.1, -0.05) is 23.7 Å². The molecule has 2 N–H and O–H groups in total. The van der Waals surface area contributed by atoms with Gasteiger partial charge in [0.25, 0.3) is 5.91 Å². The standard InChI is InChI=1S/C32H29ClF2N6O/c1-18-16-41(17-19(2)38-18)31(42)20-3-7-24(8-4-20)39-32-37-14-21-13-36-15-28(25-10-6-23(34)12-29(25)35)27-11-22(33)5-9-26(27)30(21)40-32/h3-12,14-15,18-19,28,38H,13,16-17H2,1-2H3,(H,37,39,40). The zero-order valence-corrected chi connectivity index (χ0v) is 23.9. The number of aliphatic imine (C=N–C) groups is 1. The van der Waals surface area contributed by atoms with Gasteiger partial charge in [-0.25, -0.2) is 18.7 Å². The van der Waals surface area contributed by atoms with Crippen LogP contribution < -0.4 is 10.6 Å². The third-order valence-electron chi connectivity index (χ3n) is 7.51. The van der Waals surface area contributed by atoms with Crippen molar-refractivity contribution in [3.05, 3.63) is 106 Å². The quantitative estimate of drug-likeness (QED) is 0.291. The molecule has 3 atom stereocenters. The van der Waals surface area contributed by atoms with E-state index in [0.717, 1.165) is 22.9 Å². The van der Waals surface area contributed by atoms with Crippen molar-refractivity contribution in [1.29, 1.82) is 0 Å². The second-order valence-corrected chi connectivity index (χ2v) is 11.2. The molecule has 4 aromatic rings. The number of halogens is 3. The van der Waals surface area contributed by atoms with Crippen molar-refractivity contribution in [1.82, 2.24) is 20.2 Å². The maximum Gasteiger partial charge on any atom is 0.253 e. The molecule has 0 bridgehead atoms. The third-order valence-corrected chi connectivity index (χ3v) is 7.75. The fraction of sp³-hybridized carbons (Fsp3) is 0.250. The summed E-state index contributed by atoms with van der Waals surface area (Å²) < 4.78 is 28.6. The monoisotopic (exact) mass is 586 g/mol. The number of amides is 1. The van der Waals surface area contributed by atoms with Gasteiger partial charge in [0.2, 0.25) is 5.95 Å². The van der Waals surface area contributed by atoms with Crippen LogP contribution in [0.2, 0.25) is 5.02 Å². The lowest BCUT2D eigenvalue weighted by Crippen LogP contribution is -2.55. The molecule has 6 rings (SSSR count). The summed E-state index contributed by atoms with van der Waals surface area (Å²) in [5.41, 5.74) is 4.50. The van der Waals surface area contributed by atoms with Crippen LogP contribution in [-0.2, 0) is 6.54 Å². The van der Waals surface area contributed by atoms with Crippen LogP contribution in [0.1, 0.15) is 46.8 Å². The molecule has 3 unspecified atom stereocenters. The Kier molecular flexibility index (Phi) is 7.70. The highest BCUT2D eigenvalue weighted by Crippen LogP contribution is 2.38. The van der Waals surface area contributed by atoms with Crippen molar-refractivity contribution in [2.24, 2.45) is 4.99 Å². The maximum atomic E-state index is 14.9. The molecule has 0 aliphatic carbocycles. The minimum atomic E-state index is -0.661. The first kappa shape index (κ1) is 27.9. The fourth-order valence-corrected chi connectivity index (χ4v) is 5.84. The molecule has 42 heavy (non-hydrogen) atoms. The maximum absolute atomic E-state index is 14.9. The van der Waals surface area contributed by atoms with Gasteiger partial charge in [-0.15, -0.1) is 0 Å². The average Bonchev–Trinajstić information content (AvgIpc) is 2.95. The second-order valence-electron chi connectivity index (χ2n) is 10.8. The van der Waals surface area contributed by atoms with Crippen molar-refractivity contribution in [3.8, 4) is 11.3 Å². The first-order chi connectivity index (χ1) is 20.2. The zero-order chi connectivity index (χ0) is 29.4. The van der Waals surface area contributed by atoms with E-state index >= 15 is 0 Å². The van der Waals surface area contributed by atoms with Crippen LogP contribution in [-0.4, -0.2) is 52.2 Å². The smallest absolute Gasteiger partial charge is 0.253 e. The third kappa shape index (κ3) is 5.75. The van der Waals surface area contributed by atoms with Crippen molar-refractivity contribution in [3.63, 3.8) is 0 Å². The van der Waals surface area contributed by atoms with Gasteiger partial charge in [0.1, 0.15) is 11.6 Å². The molecule has 2 aliphatic rings. The molecule has 1 amide bonds. The van der Waals surface area contributed by atoms with E-state index in [1.54, 1.807) is 36.7 Å². The van der Waals surface area contributed by atoms with Crippen LogP contribution in [0.5, 0.6) is 0 Å². The average molecular weight is 587 g/mol. The van der Waals surface area contributed by atoms with E-state index in [4.69, 9.17) is 16.6 Å². The number of hydrogen-bond acceptors (Lipinski definition) is 6. The summed E-state index contributed by atoms with van der Waals surface area (Å²) in [6, 6.07) is 16.6. The molecule has 1 saturated heterocycles. The van der Waals surface area contributed by atoms with Gasteiger partial charge in [-0.05, 0) is 61.9 Å².